The first-order chi connectivity index (χ1) is 17.1. The lowest BCUT2D eigenvalue weighted by Gasteiger charge is -2.36. The standard InChI is InChI=1S/C28H54O8/c1-23(2)15-13-11-9-7-5-3-4-6-8-10-12-14-18-28(19-24(31)21-29,20-25(32)22-30)36-27(35)17-16-26(33)34/h23-25,29-32H,3-22H2,1-2H3,(H,33,34). The number of rotatable bonds is 25. The largest absolute Gasteiger partial charge is 0.481 e. The number of carbonyl (C=O) groups is 2. The molecule has 0 bridgehead atoms. The highest BCUT2D eigenvalue weighted by Crippen LogP contribution is 2.32. The quantitative estimate of drug-likeness (QED) is 0.0861. The van der Waals surface area contributed by atoms with E-state index in [1.165, 1.54) is 57.8 Å². The molecule has 0 aliphatic rings. The van der Waals surface area contributed by atoms with Gasteiger partial charge >= 0.3 is 11.9 Å². The fourth-order valence-corrected chi connectivity index (χ4v) is 4.68. The normalized spacial score (nSPS) is 15.0. The summed E-state index contributed by atoms with van der Waals surface area (Å²) in [5, 5.41) is 47.6. The van der Waals surface area contributed by atoms with Gasteiger partial charge in [-0.05, 0) is 18.8 Å². The number of aliphatic carboxylic acids is 1. The lowest BCUT2D eigenvalue weighted by molar-refractivity contribution is -0.171. The molecule has 0 spiro atoms. The molecule has 0 heterocycles. The molecule has 0 amide bonds. The molecule has 8 heteroatoms. The summed E-state index contributed by atoms with van der Waals surface area (Å²) in [7, 11) is 0. The second-order valence-corrected chi connectivity index (χ2v) is 10.8. The number of esters is 1. The summed E-state index contributed by atoms with van der Waals surface area (Å²) in [5.74, 6) is -1.04. The van der Waals surface area contributed by atoms with Crippen molar-refractivity contribution in [1.29, 1.82) is 0 Å². The van der Waals surface area contributed by atoms with Crippen LogP contribution in [0.15, 0.2) is 0 Å². The van der Waals surface area contributed by atoms with Crippen LogP contribution < -0.4 is 0 Å². The average molecular weight is 519 g/mol. The van der Waals surface area contributed by atoms with Crippen molar-refractivity contribution >= 4 is 11.9 Å². The van der Waals surface area contributed by atoms with Crippen molar-refractivity contribution in [3.63, 3.8) is 0 Å². The number of hydrogen-bond donors (Lipinski definition) is 5. The molecule has 5 N–H and O–H groups in total. The zero-order chi connectivity index (χ0) is 27.2. The number of carboxylic acids is 1. The van der Waals surface area contributed by atoms with E-state index >= 15 is 0 Å². The van der Waals surface area contributed by atoms with E-state index < -0.39 is 43.0 Å². The smallest absolute Gasteiger partial charge is 0.306 e. The van der Waals surface area contributed by atoms with Crippen molar-refractivity contribution in [1.82, 2.24) is 0 Å². The van der Waals surface area contributed by atoms with Gasteiger partial charge in [0.15, 0.2) is 0 Å². The minimum atomic E-state index is -1.27. The van der Waals surface area contributed by atoms with Crippen LogP contribution >= 0.6 is 0 Å². The van der Waals surface area contributed by atoms with Crippen molar-refractivity contribution in [2.45, 2.75) is 147 Å². The molecule has 0 aliphatic heterocycles. The Morgan fingerprint density at radius 1 is 0.694 bits per heavy atom. The lowest BCUT2D eigenvalue weighted by atomic mass is 9.84. The van der Waals surface area contributed by atoms with Gasteiger partial charge in [-0.2, -0.15) is 0 Å². The Hall–Kier alpha value is -1.22. The van der Waals surface area contributed by atoms with Gasteiger partial charge in [-0.1, -0.05) is 90.9 Å². The molecule has 0 rings (SSSR count). The molecular weight excluding hydrogens is 464 g/mol. The van der Waals surface area contributed by atoms with Gasteiger partial charge in [0.05, 0.1) is 38.3 Å². The third-order valence-corrected chi connectivity index (χ3v) is 6.67. The fourth-order valence-electron chi connectivity index (χ4n) is 4.68. The number of aliphatic hydroxyl groups is 4. The van der Waals surface area contributed by atoms with Crippen LogP contribution in [0.2, 0.25) is 0 Å². The zero-order valence-corrected chi connectivity index (χ0v) is 22.8. The summed E-state index contributed by atoms with van der Waals surface area (Å²) < 4.78 is 5.61. The molecule has 214 valence electrons. The van der Waals surface area contributed by atoms with E-state index in [1.54, 1.807) is 0 Å². The van der Waals surface area contributed by atoms with Gasteiger partial charge in [0, 0.05) is 12.8 Å². The first-order valence-electron chi connectivity index (χ1n) is 14.2. The number of ether oxygens (including phenoxy) is 1. The highest BCUT2D eigenvalue weighted by atomic mass is 16.6. The molecule has 8 nitrogen and oxygen atoms in total. The maximum Gasteiger partial charge on any atom is 0.306 e. The summed E-state index contributed by atoms with van der Waals surface area (Å²) in [4.78, 5) is 23.1. The topological polar surface area (TPSA) is 145 Å². The van der Waals surface area contributed by atoms with E-state index in [2.05, 4.69) is 13.8 Å². The summed E-state index contributed by atoms with van der Waals surface area (Å²) >= 11 is 0. The number of hydrogen-bond acceptors (Lipinski definition) is 7. The molecule has 0 fully saturated rings. The monoisotopic (exact) mass is 518 g/mol. The maximum absolute atomic E-state index is 12.3. The van der Waals surface area contributed by atoms with Crippen LogP contribution in [0.3, 0.4) is 0 Å². The van der Waals surface area contributed by atoms with Gasteiger partial charge in [-0.25, -0.2) is 0 Å². The van der Waals surface area contributed by atoms with Gasteiger partial charge in [0.1, 0.15) is 5.60 Å². The van der Waals surface area contributed by atoms with Gasteiger partial charge in [-0.15, -0.1) is 0 Å². The van der Waals surface area contributed by atoms with Crippen molar-refractivity contribution in [3.05, 3.63) is 0 Å². The Labute approximate surface area is 218 Å². The summed E-state index contributed by atoms with van der Waals surface area (Å²) in [6.07, 6.45) is 12.6. The predicted octanol–water partition coefficient (Wildman–Crippen LogP) is 4.74. The molecule has 0 aromatic heterocycles. The average Bonchev–Trinajstić information content (AvgIpc) is 2.82. The first kappa shape index (κ1) is 34.8. The molecule has 0 aromatic rings. The Morgan fingerprint density at radius 3 is 1.50 bits per heavy atom. The third kappa shape index (κ3) is 19.9. The maximum atomic E-state index is 12.3. The SMILES string of the molecule is CC(C)CCCCCCCCCCCCCCC(CC(O)CO)(CC(O)CO)OC(=O)CCC(=O)O. The van der Waals surface area contributed by atoms with Crippen LogP contribution in [0, 0.1) is 5.92 Å². The van der Waals surface area contributed by atoms with Crippen molar-refractivity contribution in [2.24, 2.45) is 5.92 Å². The van der Waals surface area contributed by atoms with E-state index in [0.29, 0.717) is 12.8 Å². The van der Waals surface area contributed by atoms with E-state index in [9.17, 15) is 30.0 Å². The number of aliphatic hydroxyl groups excluding tert-OH is 4. The van der Waals surface area contributed by atoms with E-state index in [-0.39, 0.29) is 25.7 Å². The van der Waals surface area contributed by atoms with Crippen LogP contribution in [-0.2, 0) is 14.3 Å². The second-order valence-electron chi connectivity index (χ2n) is 10.8. The molecule has 0 aromatic carbocycles. The number of carboxylic acid groups (broad SMARTS) is 1. The Bertz CT molecular complexity index is 540. The minimum absolute atomic E-state index is 0.0865. The van der Waals surface area contributed by atoms with Crippen LogP contribution in [0.1, 0.15) is 129 Å². The third-order valence-electron chi connectivity index (χ3n) is 6.67. The molecular formula is C28H54O8. The van der Waals surface area contributed by atoms with Crippen LogP contribution in [0.5, 0.6) is 0 Å². The molecule has 36 heavy (non-hydrogen) atoms. The van der Waals surface area contributed by atoms with Gasteiger partial charge < -0.3 is 30.3 Å². The Kier molecular flexibility index (Phi) is 21.1. The zero-order valence-electron chi connectivity index (χ0n) is 22.8. The highest BCUT2D eigenvalue weighted by molar-refractivity contribution is 5.76. The Balaban J connectivity index is 4.42. The van der Waals surface area contributed by atoms with Crippen LogP contribution in [-0.4, -0.2) is 68.5 Å². The predicted molar refractivity (Wildman–Crippen MR) is 141 cm³/mol. The fraction of sp³-hybridized carbons (Fsp3) is 0.929. The molecule has 2 atom stereocenters. The lowest BCUT2D eigenvalue weighted by Crippen LogP contribution is -2.43. The van der Waals surface area contributed by atoms with Crippen molar-refractivity contribution in [2.75, 3.05) is 13.2 Å². The van der Waals surface area contributed by atoms with Crippen molar-refractivity contribution < 1.29 is 39.9 Å². The second kappa shape index (κ2) is 21.8. The van der Waals surface area contributed by atoms with E-state index in [1.807, 2.05) is 0 Å². The summed E-state index contributed by atoms with van der Waals surface area (Å²) in [5.41, 5.74) is -1.27. The van der Waals surface area contributed by atoms with Crippen LogP contribution in [0.4, 0.5) is 0 Å². The van der Waals surface area contributed by atoms with Crippen LogP contribution in [0.25, 0.3) is 0 Å². The number of unbranched alkanes of at least 4 members (excludes halogenated alkanes) is 11. The summed E-state index contributed by atoms with van der Waals surface area (Å²) in [6.45, 7) is 3.50. The molecule has 0 aliphatic carbocycles. The summed E-state index contributed by atoms with van der Waals surface area (Å²) in [6, 6.07) is 0. The Morgan fingerprint density at radius 2 is 1.11 bits per heavy atom. The molecule has 0 radical (unpaired) electrons. The molecule has 2 unspecified atom stereocenters. The van der Waals surface area contributed by atoms with E-state index in [4.69, 9.17) is 9.84 Å². The molecule has 0 saturated carbocycles. The first-order valence-corrected chi connectivity index (χ1v) is 14.2. The van der Waals surface area contributed by atoms with Crippen molar-refractivity contribution in [3.8, 4) is 0 Å². The number of carbonyl (C=O) groups excluding carboxylic acids is 1. The van der Waals surface area contributed by atoms with Gasteiger partial charge in [0.25, 0.3) is 0 Å². The van der Waals surface area contributed by atoms with E-state index in [0.717, 1.165) is 25.2 Å². The van der Waals surface area contributed by atoms with Gasteiger partial charge in [-0.3, -0.25) is 9.59 Å². The highest BCUT2D eigenvalue weighted by Gasteiger charge is 2.38. The minimum Gasteiger partial charge on any atom is -0.481 e. The van der Waals surface area contributed by atoms with Gasteiger partial charge in [0.2, 0.25) is 0 Å². The molecule has 0 saturated heterocycles.